The number of esters is 2. The summed E-state index contributed by atoms with van der Waals surface area (Å²) in [4.78, 5) is 24.8. The number of phenols is 1. The van der Waals surface area contributed by atoms with Crippen LogP contribution in [-0.4, -0.2) is 67.8 Å². The molecule has 0 spiro atoms. The topological polar surface area (TPSA) is 150 Å². The lowest BCUT2D eigenvalue weighted by Crippen LogP contribution is -2.38. The number of carbonyl (C=O) groups excluding carboxylic acids is 2. The van der Waals surface area contributed by atoms with Gasteiger partial charge >= 0.3 is 11.9 Å². The number of ether oxygens (including phenoxy) is 4. The highest BCUT2D eigenvalue weighted by molar-refractivity contribution is 5.79. The van der Waals surface area contributed by atoms with E-state index in [0.29, 0.717) is 62.2 Å². The standard InChI is InChI=1S/C36H56N2O8/c1-22(2)15-25-7-8-26(12-14-43-5)32(41)17-29(16-25)34(46-24(4)40)20-30(45-23(3)39)10-9-27-18-35(44-6)33(42)21-31(27)28-11-13-38-36(37)19-28/h11,18-19,21-22,25-26,29-30,32,34,38,41-42H,7-10,12-17,20,37H2,1-6H3/t25-,26+,29-,30+,32+,34+/m0/s1. The highest BCUT2D eigenvalue weighted by Gasteiger charge is 2.36. The summed E-state index contributed by atoms with van der Waals surface area (Å²) in [5.74, 6) is 1.04. The molecule has 2 aliphatic rings. The summed E-state index contributed by atoms with van der Waals surface area (Å²) in [6, 6.07) is 3.47. The minimum Gasteiger partial charge on any atom is -0.504 e. The normalized spacial score (nSPS) is 23.2. The molecule has 1 saturated carbocycles. The van der Waals surface area contributed by atoms with Gasteiger partial charge in [0.2, 0.25) is 0 Å². The van der Waals surface area contributed by atoms with E-state index in [9.17, 15) is 19.8 Å². The Bertz CT molecular complexity index is 1210. The Kier molecular flexibility index (Phi) is 14.7. The number of hydrogen-bond donors (Lipinski definition) is 4. The van der Waals surface area contributed by atoms with Crippen molar-refractivity contribution in [2.45, 2.75) is 104 Å². The molecule has 1 fully saturated rings. The molecular weight excluding hydrogens is 588 g/mol. The Morgan fingerprint density at radius 2 is 1.83 bits per heavy atom. The van der Waals surface area contributed by atoms with Gasteiger partial charge in [0.15, 0.2) is 11.5 Å². The minimum atomic E-state index is -0.549. The summed E-state index contributed by atoms with van der Waals surface area (Å²) in [5.41, 5.74) is 8.62. The van der Waals surface area contributed by atoms with E-state index < -0.39 is 30.3 Å². The van der Waals surface area contributed by atoms with Crippen molar-refractivity contribution >= 4 is 17.5 Å². The Morgan fingerprint density at radius 1 is 1.09 bits per heavy atom. The van der Waals surface area contributed by atoms with Crippen LogP contribution in [0.4, 0.5) is 0 Å². The number of methoxy groups -OCH3 is 2. The van der Waals surface area contributed by atoms with Crippen molar-refractivity contribution in [3.05, 3.63) is 41.2 Å². The van der Waals surface area contributed by atoms with Gasteiger partial charge in [0.05, 0.1) is 19.0 Å². The molecule has 1 aliphatic heterocycles. The smallest absolute Gasteiger partial charge is 0.302 e. The monoisotopic (exact) mass is 644 g/mol. The fourth-order valence-corrected chi connectivity index (χ4v) is 7.16. The van der Waals surface area contributed by atoms with Crippen molar-refractivity contribution in [3.63, 3.8) is 0 Å². The number of aryl methyl sites for hydroxylation is 1. The van der Waals surface area contributed by atoms with Crippen LogP contribution in [-0.2, 0) is 30.2 Å². The van der Waals surface area contributed by atoms with Gasteiger partial charge in [-0.25, -0.2) is 0 Å². The van der Waals surface area contributed by atoms with Crippen molar-refractivity contribution in [1.29, 1.82) is 0 Å². The first-order chi connectivity index (χ1) is 21.9. The number of aliphatic hydroxyl groups excluding tert-OH is 1. The van der Waals surface area contributed by atoms with Gasteiger partial charge in [-0.3, -0.25) is 9.59 Å². The average Bonchev–Trinajstić information content (AvgIpc) is 2.97. The highest BCUT2D eigenvalue weighted by Crippen LogP contribution is 2.39. The van der Waals surface area contributed by atoms with Gasteiger partial charge in [0, 0.05) is 40.5 Å². The Hall–Kier alpha value is -3.24. The molecule has 10 nitrogen and oxygen atoms in total. The van der Waals surface area contributed by atoms with E-state index in [1.54, 1.807) is 19.2 Å². The fraction of sp³-hybridized carbons (Fsp3) is 0.667. The van der Waals surface area contributed by atoms with Crippen LogP contribution in [0.25, 0.3) is 5.57 Å². The number of rotatable bonds is 15. The number of hydrogen-bond acceptors (Lipinski definition) is 10. The molecule has 1 aromatic carbocycles. The summed E-state index contributed by atoms with van der Waals surface area (Å²) in [5, 5.41) is 25.0. The van der Waals surface area contributed by atoms with Crippen LogP contribution >= 0.6 is 0 Å². The van der Waals surface area contributed by atoms with Gasteiger partial charge in [0.1, 0.15) is 12.2 Å². The van der Waals surface area contributed by atoms with E-state index in [1.165, 1.54) is 21.0 Å². The molecule has 0 radical (unpaired) electrons. The highest BCUT2D eigenvalue weighted by atomic mass is 16.6. The Labute approximate surface area is 274 Å². The van der Waals surface area contributed by atoms with Crippen molar-refractivity contribution < 1.29 is 38.7 Å². The number of nitrogens with one attached hydrogen (secondary N) is 1. The number of phenolic OH excluding ortho intramolecular Hbond substituents is 1. The number of allylic oxidation sites excluding steroid dienone is 2. The minimum absolute atomic E-state index is 0.0155. The fourth-order valence-electron chi connectivity index (χ4n) is 7.16. The molecule has 46 heavy (non-hydrogen) atoms. The molecule has 1 heterocycles. The number of dihydropyridines is 1. The molecule has 10 heteroatoms. The second-order valence-corrected chi connectivity index (χ2v) is 13.4. The zero-order valence-electron chi connectivity index (χ0n) is 28.6. The molecule has 0 saturated heterocycles. The van der Waals surface area contributed by atoms with Crippen molar-refractivity contribution in [2.75, 3.05) is 27.4 Å². The number of aliphatic hydroxyl groups is 1. The van der Waals surface area contributed by atoms with Crippen LogP contribution in [0.15, 0.2) is 30.1 Å². The third kappa shape index (κ3) is 11.5. The molecule has 258 valence electrons. The van der Waals surface area contributed by atoms with Crippen molar-refractivity contribution in [2.24, 2.45) is 29.4 Å². The zero-order valence-corrected chi connectivity index (χ0v) is 28.6. The molecule has 0 unspecified atom stereocenters. The maximum Gasteiger partial charge on any atom is 0.302 e. The van der Waals surface area contributed by atoms with Gasteiger partial charge in [0.25, 0.3) is 0 Å². The van der Waals surface area contributed by atoms with E-state index in [2.05, 4.69) is 19.2 Å². The first-order valence-corrected chi connectivity index (χ1v) is 16.7. The van der Waals surface area contributed by atoms with Gasteiger partial charge in [-0.2, -0.15) is 0 Å². The molecule has 0 aromatic heterocycles. The first-order valence-electron chi connectivity index (χ1n) is 16.7. The Balaban J connectivity index is 1.90. The molecule has 0 amide bonds. The van der Waals surface area contributed by atoms with Gasteiger partial charge < -0.3 is 40.2 Å². The van der Waals surface area contributed by atoms with Crippen LogP contribution in [0.3, 0.4) is 0 Å². The van der Waals surface area contributed by atoms with E-state index in [0.717, 1.165) is 48.8 Å². The van der Waals surface area contributed by atoms with Crippen molar-refractivity contribution in [1.82, 2.24) is 5.32 Å². The van der Waals surface area contributed by atoms with Crippen molar-refractivity contribution in [3.8, 4) is 11.5 Å². The summed E-state index contributed by atoms with van der Waals surface area (Å²) in [6.45, 7) is 8.38. The van der Waals surface area contributed by atoms with Crippen LogP contribution in [0.1, 0.15) is 90.2 Å². The van der Waals surface area contributed by atoms with E-state index in [1.807, 2.05) is 12.2 Å². The van der Waals surface area contributed by atoms with E-state index in [4.69, 9.17) is 24.7 Å². The van der Waals surface area contributed by atoms with Crippen LogP contribution in [0.5, 0.6) is 11.5 Å². The van der Waals surface area contributed by atoms with Gasteiger partial charge in [-0.15, -0.1) is 0 Å². The molecule has 1 aromatic rings. The van der Waals surface area contributed by atoms with E-state index >= 15 is 0 Å². The third-order valence-electron chi connectivity index (χ3n) is 9.23. The first kappa shape index (κ1) is 37.2. The summed E-state index contributed by atoms with van der Waals surface area (Å²) in [7, 11) is 3.18. The predicted molar refractivity (Wildman–Crippen MR) is 178 cm³/mol. The predicted octanol–water partition coefficient (Wildman–Crippen LogP) is 5.24. The molecular formula is C36H56N2O8. The molecule has 0 bridgehead atoms. The number of benzene rings is 1. The summed E-state index contributed by atoms with van der Waals surface area (Å²) in [6.07, 6.45) is 8.55. The second-order valence-electron chi connectivity index (χ2n) is 13.4. The largest absolute Gasteiger partial charge is 0.504 e. The maximum absolute atomic E-state index is 12.5. The molecule has 3 rings (SSSR count). The summed E-state index contributed by atoms with van der Waals surface area (Å²) < 4.78 is 22.6. The van der Waals surface area contributed by atoms with Crippen LogP contribution < -0.4 is 15.8 Å². The number of nitrogens with two attached hydrogens (primary N) is 1. The second kappa shape index (κ2) is 18.2. The molecule has 5 N–H and O–H groups in total. The van der Waals surface area contributed by atoms with Crippen LogP contribution in [0, 0.1) is 23.7 Å². The maximum atomic E-state index is 12.5. The average molecular weight is 645 g/mol. The third-order valence-corrected chi connectivity index (χ3v) is 9.23. The lowest BCUT2D eigenvalue weighted by atomic mass is 9.73. The lowest BCUT2D eigenvalue weighted by molar-refractivity contribution is -0.157. The van der Waals surface area contributed by atoms with Gasteiger partial charge in [-0.05, 0) is 104 Å². The summed E-state index contributed by atoms with van der Waals surface area (Å²) >= 11 is 0. The number of aromatic hydroxyl groups is 1. The number of carbonyl (C=O) groups is 2. The molecule has 6 atom stereocenters. The lowest BCUT2D eigenvalue weighted by Gasteiger charge is -2.38. The zero-order chi connectivity index (χ0) is 33.8. The van der Waals surface area contributed by atoms with Gasteiger partial charge in [-0.1, -0.05) is 26.3 Å². The molecule has 1 aliphatic carbocycles. The quantitative estimate of drug-likeness (QED) is 0.187. The Morgan fingerprint density at radius 3 is 2.46 bits per heavy atom. The SMILES string of the molecule is COCC[C@H]1CC[C@@H](CC(C)C)C[C@H]([C@@H](C[C@@H](CCc2cc(OC)c(O)cc2C2=CCNC(N)=C2)OC(C)=O)OC(C)=O)C[C@H]1O. The van der Waals surface area contributed by atoms with Crippen LogP contribution in [0.2, 0.25) is 0 Å². The van der Waals surface area contributed by atoms with E-state index in [-0.39, 0.29) is 17.6 Å².